The molecular formula is C38H36F4N8O2. The Labute approximate surface area is 297 Å². The lowest BCUT2D eigenvalue weighted by Crippen LogP contribution is -2.43. The largest absolute Gasteiger partial charge is 0.461 e. The Morgan fingerprint density at radius 3 is 2.77 bits per heavy atom. The van der Waals surface area contributed by atoms with Gasteiger partial charge in [0.05, 0.1) is 16.6 Å². The van der Waals surface area contributed by atoms with Crippen LogP contribution in [-0.4, -0.2) is 98.2 Å². The number of likely N-dealkylation sites (N-methyl/N-ethyl adjacent to an activating group) is 1. The van der Waals surface area contributed by atoms with E-state index in [-0.39, 0.29) is 52.1 Å². The van der Waals surface area contributed by atoms with Gasteiger partial charge in [-0.3, -0.25) is 14.7 Å². The third-order valence-corrected chi connectivity index (χ3v) is 10.6. The summed E-state index contributed by atoms with van der Waals surface area (Å²) in [6.45, 7) is 3.86. The quantitative estimate of drug-likeness (QED) is 0.140. The van der Waals surface area contributed by atoms with Gasteiger partial charge in [0.15, 0.2) is 17.5 Å². The second-order valence-electron chi connectivity index (χ2n) is 13.8. The van der Waals surface area contributed by atoms with Crippen LogP contribution >= 0.6 is 0 Å². The molecule has 0 saturated carbocycles. The van der Waals surface area contributed by atoms with Crippen LogP contribution in [0, 0.1) is 24.4 Å². The number of carbonyl (C=O) groups is 1. The van der Waals surface area contributed by atoms with Crippen molar-refractivity contribution >= 4 is 39.5 Å². The van der Waals surface area contributed by atoms with Crippen LogP contribution in [0.2, 0.25) is 0 Å². The average Bonchev–Trinajstić information content (AvgIpc) is 3.86. The van der Waals surface area contributed by atoms with Crippen molar-refractivity contribution in [1.29, 1.82) is 0 Å². The number of benzene rings is 2. The predicted octanol–water partition coefficient (Wildman–Crippen LogP) is 6.07. The minimum atomic E-state index is -1.10. The van der Waals surface area contributed by atoms with E-state index in [2.05, 4.69) is 24.8 Å². The van der Waals surface area contributed by atoms with Crippen LogP contribution < -0.4 is 9.64 Å². The van der Waals surface area contributed by atoms with E-state index in [1.165, 1.54) is 24.4 Å². The zero-order chi connectivity index (χ0) is 36.1. The van der Waals surface area contributed by atoms with Crippen LogP contribution in [0.3, 0.4) is 0 Å². The van der Waals surface area contributed by atoms with E-state index in [4.69, 9.17) is 9.72 Å². The summed E-state index contributed by atoms with van der Waals surface area (Å²) in [5.74, 6) is -2.27. The molecule has 0 spiro atoms. The molecule has 3 saturated heterocycles. The Balaban J connectivity index is 1.15. The second-order valence-corrected chi connectivity index (χ2v) is 13.8. The monoisotopic (exact) mass is 712 g/mol. The molecule has 52 heavy (non-hydrogen) atoms. The number of halogens is 4. The molecule has 3 atom stereocenters. The Bertz CT molecular complexity index is 2240. The van der Waals surface area contributed by atoms with Crippen LogP contribution in [0.25, 0.3) is 39.0 Å². The molecule has 3 aromatic heterocycles. The number of carbonyl (C=O) groups excluding carboxylic acids is 1. The van der Waals surface area contributed by atoms with Gasteiger partial charge in [-0.25, -0.2) is 27.5 Å². The van der Waals surface area contributed by atoms with Crippen molar-refractivity contribution in [3.63, 3.8) is 0 Å². The minimum Gasteiger partial charge on any atom is -0.461 e. The van der Waals surface area contributed by atoms with E-state index < -0.39 is 29.2 Å². The van der Waals surface area contributed by atoms with Gasteiger partial charge < -0.3 is 14.5 Å². The molecule has 0 radical (unpaired) electrons. The molecular weight excluding hydrogens is 676 g/mol. The third kappa shape index (κ3) is 6.08. The Hall–Kier alpha value is -5.24. The topological polar surface area (TPSA) is 100 Å². The first kappa shape index (κ1) is 33.9. The van der Waals surface area contributed by atoms with Gasteiger partial charge in [-0.2, -0.15) is 9.97 Å². The zero-order valence-corrected chi connectivity index (χ0v) is 28.7. The number of nitrogens with zero attached hydrogens (tertiary/aromatic N) is 8. The fraction of sp³-hybridized carbons (Fsp3) is 0.368. The lowest BCUT2D eigenvalue weighted by molar-refractivity contribution is -0.124. The van der Waals surface area contributed by atoms with Gasteiger partial charge in [0.1, 0.15) is 35.6 Å². The number of alkyl halides is 1. The van der Waals surface area contributed by atoms with Crippen molar-refractivity contribution in [2.75, 3.05) is 44.7 Å². The molecule has 0 N–H and O–H groups in total. The fourth-order valence-corrected chi connectivity index (χ4v) is 7.96. The number of hydrogen-bond donors (Lipinski definition) is 0. The second kappa shape index (κ2) is 13.4. The summed E-state index contributed by atoms with van der Waals surface area (Å²) in [5, 5.41) is 0.561. The molecule has 6 heterocycles. The highest BCUT2D eigenvalue weighted by Gasteiger charge is 2.49. The standard InChI is InChI=1S/C38H36F4N8O2/c1-22-43-14-11-25(45-22)8-10-30(51)49-16-12-26(20-49)48(2)36-28-18-44-34(27-6-3-5-23-7-9-29(40)32(41)31(23)27)33(42)35(28)46-37(47-36)52-21-38-13-4-15-50(38)19-24(39)17-38/h3,5-11,14,18,24,26H,4,12-13,15-17,19-21H2,1-2H3/b10-8+/t24?,26-,38+/m1/s1. The van der Waals surface area contributed by atoms with E-state index in [0.717, 1.165) is 25.5 Å². The fourth-order valence-electron chi connectivity index (χ4n) is 7.96. The van der Waals surface area contributed by atoms with Gasteiger partial charge in [0.25, 0.3) is 0 Å². The molecule has 3 aliphatic heterocycles. The van der Waals surface area contributed by atoms with Crippen LogP contribution in [-0.2, 0) is 4.79 Å². The molecule has 1 amide bonds. The molecule has 3 fully saturated rings. The summed E-state index contributed by atoms with van der Waals surface area (Å²) < 4.78 is 67.1. The Morgan fingerprint density at radius 2 is 1.92 bits per heavy atom. The van der Waals surface area contributed by atoms with E-state index in [1.54, 1.807) is 49.3 Å². The third-order valence-electron chi connectivity index (χ3n) is 10.6. The van der Waals surface area contributed by atoms with E-state index in [0.29, 0.717) is 55.2 Å². The number of hydrogen-bond acceptors (Lipinski definition) is 9. The van der Waals surface area contributed by atoms with Crippen molar-refractivity contribution in [2.45, 2.75) is 50.4 Å². The average molecular weight is 713 g/mol. The van der Waals surface area contributed by atoms with E-state index in [1.807, 2.05) is 4.90 Å². The number of aromatic nitrogens is 5. The maximum absolute atomic E-state index is 16.8. The lowest BCUT2D eigenvalue weighted by atomic mass is 9.95. The normalized spacial score (nSPS) is 21.8. The van der Waals surface area contributed by atoms with E-state index >= 15 is 8.78 Å². The van der Waals surface area contributed by atoms with Crippen molar-refractivity contribution in [3.8, 4) is 17.3 Å². The number of ether oxygens (including phenoxy) is 1. The summed E-state index contributed by atoms with van der Waals surface area (Å²) in [6, 6.07) is 8.59. The van der Waals surface area contributed by atoms with Crippen LogP contribution in [0.4, 0.5) is 23.4 Å². The van der Waals surface area contributed by atoms with Gasteiger partial charge in [-0.05, 0) is 56.3 Å². The van der Waals surface area contributed by atoms with Crippen molar-refractivity contribution < 1.29 is 27.1 Å². The lowest BCUT2D eigenvalue weighted by Gasteiger charge is -2.31. The summed E-state index contributed by atoms with van der Waals surface area (Å²) in [5.41, 5.74) is -0.129. The first-order valence-electron chi connectivity index (χ1n) is 17.3. The zero-order valence-electron chi connectivity index (χ0n) is 28.7. The Morgan fingerprint density at radius 1 is 1.06 bits per heavy atom. The smallest absolute Gasteiger partial charge is 0.319 e. The van der Waals surface area contributed by atoms with E-state index in [9.17, 15) is 13.6 Å². The minimum absolute atomic E-state index is 0.0699. The highest BCUT2D eigenvalue weighted by molar-refractivity contribution is 5.99. The van der Waals surface area contributed by atoms with Crippen LogP contribution in [0.15, 0.2) is 54.9 Å². The molecule has 3 aliphatic rings. The van der Waals surface area contributed by atoms with Crippen molar-refractivity contribution in [1.82, 2.24) is 34.7 Å². The summed E-state index contributed by atoms with van der Waals surface area (Å²) in [6.07, 6.45) is 7.83. The summed E-state index contributed by atoms with van der Waals surface area (Å²) >= 11 is 0. The SMILES string of the molecule is Cc1nccc(/C=C/C(=O)N2CC[C@@H](N(C)c3nc(OC[C@@]45CCCN4CC(F)C5)nc4c(F)c(-c5cccc6ccc(F)c(F)c56)ncc34)C2)n1. The van der Waals surface area contributed by atoms with Crippen LogP contribution in [0.5, 0.6) is 6.01 Å². The number of rotatable bonds is 8. The summed E-state index contributed by atoms with van der Waals surface area (Å²) in [4.78, 5) is 40.9. The van der Waals surface area contributed by atoms with Gasteiger partial charge >= 0.3 is 6.01 Å². The van der Waals surface area contributed by atoms with Gasteiger partial charge in [0, 0.05) is 68.6 Å². The van der Waals surface area contributed by atoms with Gasteiger partial charge in [-0.15, -0.1) is 0 Å². The molecule has 5 aromatic rings. The molecule has 10 nitrogen and oxygen atoms in total. The van der Waals surface area contributed by atoms with Crippen molar-refractivity contribution in [2.24, 2.45) is 0 Å². The molecule has 1 unspecified atom stereocenters. The molecule has 0 bridgehead atoms. The van der Waals surface area contributed by atoms with Gasteiger partial charge in [0.2, 0.25) is 5.91 Å². The Kier molecular flexibility index (Phi) is 8.72. The highest BCUT2D eigenvalue weighted by atomic mass is 19.2. The first-order chi connectivity index (χ1) is 25.1. The molecule has 268 valence electrons. The first-order valence-corrected chi connectivity index (χ1v) is 17.3. The number of amides is 1. The molecule has 14 heteroatoms. The van der Waals surface area contributed by atoms with Gasteiger partial charge in [-0.1, -0.05) is 24.3 Å². The predicted molar refractivity (Wildman–Crippen MR) is 188 cm³/mol. The number of aryl methyl sites for hydroxylation is 1. The van der Waals surface area contributed by atoms with Crippen LogP contribution in [0.1, 0.15) is 37.2 Å². The highest BCUT2D eigenvalue weighted by Crippen LogP contribution is 2.41. The van der Waals surface area contributed by atoms with Crippen molar-refractivity contribution in [3.05, 3.63) is 83.8 Å². The molecule has 8 rings (SSSR count). The maximum atomic E-state index is 16.8. The number of anilines is 1. The number of pyridine rings is 1. The number of fused-ring (bicyclic) bond motifs is 3. The molecule has 2 aromatic carbocycles. The number of likely N-dealkylation sites (tertiary alicyclic amines) is 1. The summed E-state index contributed by atoms with van der Waals surface area (Å²) in [7, 11) is 1.81. The maximum Gasteiger partial charge on any atom is 0.319 e. The molecule has 0 aliphatic carbocycles.